The highest BCUT2D eigenvalue weighted by atomic mass is 35.5. The fourth-order valence-electron chi connectivity index (χ4n) is 2.96. The second kappa shape index (κ2) is 13.0. The highest BCUT2D eigenvalue weighted by molar-refractivity contribution is 7.98. The molecule has 0 radical (unpaired) electrons. The summed E-state index contributed by atoms with van der Waals surface area (Å²) in [6, 6.07) is 14.8. The van der Waals surface area contributed by atoms with Gasteiger partial charge in [-0.05, 0) is 30.5 Å². The zero-order chi connectivity index (χ0) is 22.8. The van der Waals surface area contributed by atoms with Gasteiger partial charge in [-0.3, -0.25) is 9.59 Å². The third kappa shape index (κ3) is 8.40. The van der Waals surface area contributed by atoms with Crippen LogP contribution < -0.4 is 5.32 Å². The van der Waals surface area contributed by atoms with Crippen LogP contribution in [0.2, 0.25) is 10.0 Å². The lowest BCUT2D eigenvalue weighted by atomic mass is 10.1. The van der Waals surface area contributed by atoms with Gasteiger partial charge in [0.2, 0.25) is 11.8 Å². The fourth-order valence-corrected chi connectivity index (χ4v) is 4.36. The van der Waals surface area contributed by atoms with Gasteiger partial charge in [0, 0.05) is 46.6 Å². The Balaban J connectivity index is 2.06. The molecule has 31 heavy (non-hydrogen) atoms. The van der Waals surface area contributed by atoms with Crippen LogP contribution >= 0.6 is 35.0 Å². The second-order valence-electron chi connectivity index (χ2n) is 7.83. The molecule has 168 valence electrons. The van der Waals surface area contributed by atoms with E-state index in [0.717, 1.165) is 5.75 Å². The summed E-state index contributed by atoms with van der Waals surface area (Å²) in [7, 11) is 0. The predicted octanol–water partition coefficient (Wildman–Crippen LogP) is 5.81. The molecule has 0 heterocycles. The van der Waals surface area contributed by atoms with E-state index < -0.39 is 6.04 Å². The van der Waals surface area contributed by atoms with Crippen LogP contribution in [0.3, 0.4) is 0 Å². The fraction of sp³-hybridized carbons (Fsp3) is 0.417. The van der Waals surface area contributed by atoms with E-state index in [4.69, 9.17) is 23.2 Å². The number of nitrogens with zero attached hydrogens (tertiary/aromatic N) is 1. The molecule has 2 aromatic rings. The van der Waals surface area contributed by atoms with Gasteiger partial charge in [0.1, 0.15) is 6.04 Å². The van der Waals surface area contributed by atoms with Crippen LogP contribution in [-0.2, 0) is 21.9 Å². The molecular weight excluding hydrogens is 451 g/mol. The van der Waals surface area contributed by atoms with Crippen LogP contribution in [0, 0.1) is 5.92 Å². The van der Waals surface area contributed by atoms with Gasteiger partial charge in [-0.2, -0.15) is 11.8 Å². The molecule has 4 nitrogen and oxygen atoms in total. The molecule has 0 aromatic heterocycles. The molecule has 0 unspecified atom stereocenters. The van der Waals surface area contributed by atoms with Crippen molar-refractivity contribution in [3.63, 3.8) is 0 Å². The lowest BCUT2D eigenvalue weighted by Crippen LogP contribution is -2.48. The van der Waals surface area contributed by atoms with Crippen molar-refractivity contribution in [1.82, 2.24) is 10.2 Å². The Bertz CT molecular complexity index is 842. The Kier molecular flexibility index (Phi) is 10.7. The van der Waals surface area contributed by atoms with E-state index in [1.54, 1.807) is 41.8 Å². The predicted molar refractivity (Wildman–Crippen MR) is 132 cm³/mol. The summed E-state index contributed by atoms with van der Waals surface area (Å²) in [6.07, 6.45) is 0.335. The van der Waals surface area contributed by atoms with Crippen LogP contribution in [0.15, 0.2) is 48.5 Å². The molecule has 1 atom stereocenters. The normalized spacial score (nSPS) is 11.9. The first-order chi connectivity index (χ1) is 14.8. The SMILES string of the molecule is CC(C)CNC(=O)[C@H](C)N(Cc1c(Cl)cccc1Cl)C(=O)CCSCc1ccccc1. The third-order valence-corrected chi connectivity index (χ3v) is 6.55. The zero-order valence-corrected chi connectivity index (χ0v) is 20.6. The van der Waals surface area contributed by atoms with Gasteiger partial charge in [-0.1, -0.05) is 73.4 Å². The monoisotopic (exact) mass is 480 g/mol. The maximum Gasteiger partial charge on any atom is 0.242 e. The maximum atomic E-state index is 13.1. The molecule has 2 amide bonds. The molecule has 1 N–H and O–H groups in total. The largest absolute Gasteiger partial charge is 0.354 e. The number of halogens is 2. The first-order valence-electron chi connectivity index (χ1n) is 10.4. The number of nitrogens with one attached hydrogen (secondary N) is 1. The summed E-state index contributed by atoms with van der Waals surface area (Å²) >= 11 is 14.4. The summed E-state index contributed by atoms with van der Waals surface area (Å²) in [5, 5.41) is 3.89. The molecule has 0 bridgehead atoms. The van der Waals surface area contributed by atoms with Crippen LogP contribution in [0.5, 0.6) is 0 Å². The van der Waals surface area contributed by atoms with Gasteiger partial charge in [0.05, 0.1) is 0 Å². The molecule has 0 fully saturated rings. The maximum absolute atomic E-state index is 13.1. The Morgan fingerprint density at radius 2 is 1.65 bits per heavy atom. The number of benzene rings is 2. The van der Waals surface area contributed by atoms with Crippen molar-refractivity contribution in [3.05, 3.63) is 69.7 Å². The van der Waals surface area contributed by atoms with E-state index in [1.165, 1.54) is 5.56 Å². The summed E-state index contributed by atoms with van der Waals surface area (Å²) < 4.78 is 0. The van der Waals surface area contributed by atoms with E-state index in [0.29, 0.717) is 40.2 Å². The van der Waals surface area contributed by atoms with Crippen molar-refractivity contribution in [1.29, 1.82) is 0 Å². The van der Waals surface area contributed by atoms with E-state index >= 15 is 0 Å². The number of hydrogen-bond acceptors (Lipinski definition) is 3. The quantitative estimate of drug-likeness (QED) is 0.413. The van der Waals surface area contributed by atoms with Gasteiger partial charge in [0.25, 0.3) is 0 Å². The summed E-state index contributed by atoms with van der Waals surface area (Å²) in [5.74, 6) is 1.56. The first-order valence-corrected chi connectivity index (χ1v) is 12.3. The van der Waals surface area contributed by atoms with Crippen molar-refractivity contribution >= 4 is 46.8 Å². The molecule has 0 aliphatic rings. The van der Waals surface area contributed by atoms with Crippen molar-refractivity contribution < 1.29 is 9.59 Å². The number of carbonyl (C=O) groups excluding carboxylic acids is 2. The third-order valence-electron chi connectivity index (χ3n) is 4.81. The van der Waals surface area contributed by atoms with Gasteiger partial charge in [-0.15, -0.1) is 0 Å². The lowest BCUT2D eigenvalue weighted by Gasteiger charge is -2.29. The zero-order valence-electron chi connectivity index (χ0n) is 18.2. The number of rotatable bonds is 11. The van der Waals surface area contributed by atoms with Gasteiger partial charge < -0.3 is 10.2 Å². The minimum absolute atomic E-state index is 0.0938. The Morgan fingerprint density at radius 3 is 2.26 bits per heavy atom. The molecular formula is C24H30Cl2N2O2S. The standard InChI is InChI=1S/C24H30Cl2N2O2S/c1-17(2)14-27-24(30)18(3)28(15-20-21(25)10-7-11-22(20)26)23(29)12-13-31-16-19-8-5-4-6-9-19/h4-11,17-18H,12-16H2,1-3H3,(H,27,30)/t18-/m0/s1. The van der Waals surface area contributed by atoms with Gasteiger partial charge >= 0.3 is 0 Å². The number of amides is 2. The molecule has 0 aliphatic carbocycles. The van der Waals surface area contributed by atoms with Crippen molar-refractivity contribution in [2.75, 3.05) is 12.3 Å². The highest BCUT2D eigenvalue weighted by Gasteiger charge is 2.27. The summed E-state index contributed by atoms with van der Waals surface area (Å²) in [5.41, 5.74) is 1.88. The average molecular weight is 481 g/mol. The highest BCUT2D eigenvalue weighted by Crippen LogP contribution is 2.27. The molecule has 0 saturated carbocycles. The molecule has 2 aromatic carbocycles. The number of thioether (sulfide) groups is 1. The smallest absolute Gasteiger partial charge is 0.242 e. The lowest BCUT2D eigenvalue weighted by molar-refractivity contribution is -0.140. The van der Waals surface area contributed by atoms with Crippen molar-refractivity contribution in [3.8, 4) is 0 Å². The van der Waals surface area contributed by atoms with Crippen molar-refractivity contribution in [2.45, 2.75) is 45.5 Å². The minimum Gasteiger partial charge on any atom is -0.354 e. The molecule has 0 aliphatic heterocycles. The van der Waals surface area contributed by atoms with Crippen LogP contribution in [0.1, 0.15) is 38.3 Å². The number of hydrogen-bond donors (Lipinski definition) is 1. The van der Waals surface area contributed by atoms with E-state index in [-0.39, 0.29) is 18.4 Å². The Morgan fingerprint density at radius 1 is 1.00 bits per heavy atom. The van der Waals surface area contributed by atoms with Crippen LogP contribution in [0.25, 0.3) is 0 Å². The average Bonchev–Trinajstić information content (AvgIpc) is 2.75. The molecule has 7 heteroatoms. The summed E-state index contributed by atoms with van der Waals surface area (Å²) in [4.78, 5) is 27.4. The molecule has 2 rings (SSSR count). The molecule has 0 spiro atoms. The number of carbonyl (C=O) groups is 2. The Hall–Kier alpha value is -1.69. The molecule has 0 saturated heterocycles. The minimum atomic E-state index is -0.627. The van der Waals surface area contributed by atoms with Gasteiger partial charge in [0.15, 0.2) is 0 Å². The van der Waals surface area contributed by atoms with Gasteiger partial charge in [-0.25, -0.2) is 0 Å². The first kappa shape index (κ1) is 25.6. The van der Waals surface area contributed by atoms with E-state index in [9.17, 15) is 9.59 Å². The van der Waals surface area contributed by atoms with E-state index in [1.807, 2.05) is 32.0 Å². The van der Waals surface area contributed by atoms with Crippen molar-refractivity contribution in [2.24, 2.45) is 5.92 Å². The van der Waals surface area contributed by atoms with Crippen LogP contribution in [0.4, 0.5) is 0 Å². The summed E-state index contributed by atoms with van der Waals surface area (Å²) in [6.45, 7) is 6.56. The van der Waals surface area contributed by atoms with Crippen LogP contribution in [-0.4, -0.2) is 35.1 Å². The Labute approximate surface area is 199 Å². The topological polar surface area (TPSA) is 49.4 Å². The van der Waals surface area contributed by atoms with E-state index in [2.05, 4.69) is 17.4 Å². The second-order valence-corrected chi connectivity index (χ2v) is 9.74.